The summed E-state index contributed by atoms with van der Waals surface area (Å²) in [6.07, 6.45) is 3.42. The Bertz CT molecular complexity index is 475. The second kappa shape index (κ2) is 6.14. The van der Waals surface area contributed by atoms with Gasteiger partial charge in [-0.3, -0.25) is 9.59 Å². The standard InChI is InChI=1S/C13H16BrN3O2/c1-9(18)16-11-3-2-6-17(8-11)13(19)12-5-4-10(14)7-15-12/h4-5,7,11H,2-3,6,8H2,1H3,(H,16,18). The quantitative estimate of drug-likeness (QED) is 0.898. The number of rotatable bonds is 2. The van der Waals surface area contributed by atoms with Crippen LogP contribution in [-0.4, -0.2) is 40.8 Å². The zero-order valence-electron chi connectivity index (χ0n) is 10.7. The number of carbonyl (C=O) groups excluding carboxylic acids is 2. The van der Waals surface area contributed by atoms with E-state index in [-0.39, 0.29) is 17.9 Å². The molecule has 19 heavy (non-hydrogen) atoms. The Kier molecular flexibility index (Phi) is 4.52. The van der Waals surface area contributed by atoms with Gasteiger partial charge in [-0.25, -0.2) is 4.98 Å². The molecule has 0 saturated carbocycles. The van der Waals surface area contributed by atoms with Crippen LogP contribution in [0.1, 0.15) is 30.3 Å². The van der Waals surface area contributed by atoms with Crippen LogP contribution in [0.3, 0.4) is 0 Å². The van der Waals surface area contributed by atoms with Gasteiger partial charge >= 0.3 is 0 Å². The van der Waals surface area contributed by atoms with Gasteiger partial charge in [0.2, 0.25) is 5.91 Å². The maximum absolute atomic E-state index is 12.3. The van der Waals surface area contributed by atoms with E-state index in [9.17, 15) is 9.59 Å². The first-order valence-electron chi connectivity index (χ1n) is 6.24. The van der Waals surface area contributed by atoms with Crippen LogP contribution in [0.2, 0.25) is 0 Å². The first-order chi connectivity index (χ1) is 9.06. The molecule has 6 heteroatoms. The zero-order valence-corrected chi connectivity index (χ0v) is 12.3. The molecule has 1 saturated heterocycles. The molecule has 2 rings (SSSR count). The maximum Gasteiger partial charge on any atom is 0.272 e. The van der Waals surface area contributed by atoms with Crippen LogP contribution >= 0.6 is 15.9 Å². The Hall–Kier alpha value is -1.43. The molecule has 0 aromatic carbocycles. The average Bonchev–Trinajstić information content (AvgIpc) is 2.38. The summed E-state index contributed by atoms with van der Waals surface area (Å²) in [7, 11) is 0. The van der Waals surface area contributed by atoms with E-state index >= 15 is 0 Å². The second-order valence-electron chi connectivity index (χ2n) is 4.65. The largest absolute Gasteiger partial charge is 0.352 e. The van der Waals surface area contributed by atoms with Crippen molar-refractivity contribution >= 4 is 27.7 Å². The van der Waals surface area contributed by atoms with E-state index in [4.69, 9.17) is 0 Å². The summed E-state index contributed by atoms with van der Waals surface area (Å²) < 4.78 is 0.846. The highest BCUT2D eigenvalue weighted by Gasteiger charge is 2.25. The molecule has 1 unspecified atom stereocenters. The van der Waals surface area contributed by atoms with Crippen molar-refractivity contribution < 1.29 is 9.59 Å². The summed E-state index contributed by atoms with van der Waals surface area (Å²) >= 11 is 3.29. The van der Waals surface area contributed by atoms with E-state index in [1.807, 2.05) is 0 Å². The topological polar surface area (TPSA) is 62.3 Å². The van der Waals surface area contributed by atoms with Crippen molar-refractivity contribution in [3.63, 3.8) is 0 Å². The number of nitrogens with zero attached hydrogens (tertiary/aromatic N) is 2. The van der Waals surface area contributed by atoms with E-state index < -0.39 is 0 Å². The number of piperidine rings is 1. The highest BCUT2D eigenvalue weighted by molar-refractivity contribution is 9.10. The third kappa shape index (κ3) is 3.76. The fraction of sp³-hybridized carbons (Fsp3) is 0.462. The summed E-state index contributed by atoms with van der Waals surface area (Å²) in [5.74, 6) is -0.136. The fourth-order valence-electron chi connectivity index (χ4n) is 2.23. The minimum absolute atomic E-state index is 0.0469. The number of nitrogens with one attached hydrogen (secondary N) is 1. The van der Waals surface area contributed by atoms with Gasteiger partial charge in [0, 0.05) is 36.7 Å². The van der Waals surface area contributed by atoms with Gasteiger partial charge in [-0.05, 0) is 40.9 Å². The van der Waals surface area contributed by atoms with Crippen LogP contribution in [0.25, 0.3) is 0 Å². The number of halogens is 1. The van der Waals surface area contributed by atoms with Gasteiger partial charge < -0.3 is 10.2 Å². The Morgan fingerprint density at radius 2 is 2.26 bits per heavy atom. The van der Waals surface area contributed by atoms with Gasteiger partial charge in [-0.2, -0.15) is 0 Å². The average molecular weight is 326 g/mol. The van der Waals surface area contributed by atoms with E-state index in [1.165, 1.54) is 6.92 Å². The van der Waals surface area contributed by atoms with Gasteiger partial charge in [0.15, 0.2) is 0 Å². The summed E-state index contributed by atoms with van der Waals surface area (Å²) in [4.78, 5) is 29.2. The molecule has 1 aromatic heterocycles. The third-order valence-corrected chi connectivity index (χ3v) is 3.53. The van der Waals surface area contributed by atoms with Crippen molar-refractivity contribution in [1.29, 1.82) is 0 Å². The molecular weight excluding hydrogens is 310 g/mol. The van der Waals surface area contributed by atoms with Crippen LogP contribution in [0.15, 0.2) is 22.8 Å². The molecule has 5 nitrogen and oxygen atoms in total. The highest BCUT2D eigenvalue weighted by atomic mass is 79.9. The van der Waals surface area contributed by atoms with Crippen LogP contribution in [-0.2, 0) is 4.79 Å². The summed E-state index contributed by atoms with van der Waals surface area (Å²) in [6.45, 7) is 2.76. The lowest BCUT2D eigenvalue weighted by Gasteiger charge is -2.32. The second-order valence-corrected chi connectivity index (χ2v) is 5.57. The van der Waals surface area contributed by atoms with Gasteiger partial charge in [0.25, 0.3) is 5.91 Å². The van der Waals surface area contributed by atoms with Crippen molar-refractivity contribution in [3.8, 4) is 0 Å². The van der Waals surface area contributed by atoms with Crippen molar-refractivity contribution in [2.75, 3.05) is 13.1 Å². The smallest absolute Gasteiger partial charge is 0.272 e. The number of pyridine rings is 1. The first kappa shape index (κ1) is 14.0. The number of likely N-dealkylation sites (tertiary alicyclic amines) is 1. The monoisotopic (exact) mass is 325 g/mol. The Balaban J connectivity index is 2.02. The maximum atomic E-state index is 12.3. The lowest BCUT2D eigenvalue weighted by atomic mass is 10.1. The first-order valence-corrected chi connectivity index (χ1v) is 7.03. The number of hydrogen-bond acceptors (Lipinski definition) is 3. The number of carbonyl (C=O) groups is 2. The van der Waals surface area contributed by atoms with Gasteiger partial charge in [0.05, 0.1) is 0 Å². The van der Waals surface area contributed by atoms with Gasteiger partial charge in [-0.15, -0.1) is 0 Å². The van der Waals surface area contributed by atoms with Gasteiger partial charge in [-0.1, -0.05) is 0 Å². The van der Waals surface area contributed by atoms with Crippen LogP contribution < -0.4 is 5.32 Å². The molecule has 1 aliphatic heterocycles. The normalized spacial score (nSPS) is 19.1. The molecule has 102 valence electrons. The van der Waals surface area contributed by atoms with E-state index in [2.05, 4.69) is 26.2 Å². The van der Waals surface area contributed by atoms with Crippen LogP contribution in [0.4, 0.5) is 0 Å². The molecular formula is C13H16BrN3O2. The molecule has 2 heterocycles. The summed E-state index contributed by atoms with van der Waals surface area (Å²) in [5.41, 5.74) is 0.437. The van der Waals surface area contributed by atoms with E-state index in [1.54, 1.807) is 23.2 Å². The molecule has 1 atom stereocenters. The molecule has 0 radical (unpaired) electrons. The minimum Gasteiger partial charge on any atom is -0.352 e. The van der Waals surface area contributed by atoms with Crippen LogP contribution in [0.5, 0.6) is 0 Å². The lowest BCUT2D eigenvalue weighted by molar-refractivity contribution is -0.120. The molecule has 1 aliphatic rings. The highest BCUT2D eigenvalue weighted by Crippen LogP contribution is 2.14. The summed E-state index contributed by atoms with van der Waals surface area (Å²) in [6, 6.07) is 3.55. The SMILES string of the molecule is CC(=O)NC1CCCN(C(=O)c2ccc(Br)cn2)C1. The fourth-order valence-corrected chi connectivity index (χ4v) is 2.47. The number of hydrogen-bond donors (Lipinski definition) is 1. The number of amides is 2. The molecule has 1 N–H and O–H groups in total. The summed E-state index contributed by atoms with van der Waals surface area (Å²) in [5, 5.41) is 2.87. The Morgan fingerprint density at radius 3 is 2.89 bits per heavy atom. The predicted molar refractivity (Wildman–Crippen MR) is 74.7 cm³/mol. The van der Waals surface area contributed by atoms with Crippen molar-refractivity contribution in [1.82, 2.24) is 15.2 Å². The minimum atomic E-state index is -0.0810. The van der Waals surface area contributed by atoms with Crippen LogP contribution in [0, 0.1) is 0 Å². The van der Waals surface area contributed by atoms with Crippen molar-refractivity contribution in [2.24, 2.45) is 0 Å². The van der Waals surface area contributed by atoms with E-state index in [0.29, 0.717) is 18.8 Å². The molecule has 0 spiro atoms. The van der Waals surface area contributed by atoms with Crippen molar-refractivity contribution in [2.45, 2.75) is 25.8 Å². The molecule has 1 fully saturated rings. The molecule has 1 aromatic rings. The van der Waals surface area contributed by atoms with Crippen molar-refractivity contribution in [3.05, 3.63) is 28.5 Å². The van der Waals surface area contributed by atoms with E-state index in [0.717, 1.165) is 17.3 Å². The molecule has 0 aliphatic carbocycles. The number of aromatic nitrogens is 1. The third-order valence-electron chi connectivity index (χ3n) is 3.06. The molecule has 0 bridgehead atoms. The molecule has 2 amide bonds. The predicted octanol–water partition coefficient (Wildman–Crippen LogP) is 1.58. The Morgan fingerprint density at radius 1 is 1.47 bits per heavy atom. The Labute approximate surface area is 120 Å². The zero-order chi connectivity index (χ0) is 13.8. The van der Waals surface area contributed by atoms with Gasteiger partial charge in [0.1, 0.15) is 5.69 Å². The lowest BCUT2D eigenvalue weighted by Crippen LogP contribution is -2.49.